The van der Waals surface area contributed by atoms with Crippen molar-refractivity contribution in [1.29, 1.82) is 0 Å². The highest BCUT2D eigenvalue weighted by atomic mass is 32.2. The van der Waals surface area contributed by atoms with Gasteiger partial charge in [-0.2, -0.15) is 0 Å². The van der Waals surface area contributed by atoms with E-state index in [0.29, 0.717) is 22.9 Å². The van der Waals surface area contributed by atoms with Crippen LogP contribution in [0.25, 0.3) is 5.70 Å². The van der Waals surface area contributed by atoms with Gasteiger partial charge in [0.25, 0.3) is 0 Å². The monoisotopic (exact) mass is 390 g/mol. The van der Waals surface area contributed by atoms with Crippen LogP contribution in [0.2, 0.25) is 0 Å². The van der Waals surface area contributed by atoms with Gasteiger partial charge in [-0.15, -0.1) is 4.41 Å². The lowest BCUT2D eigenvalue weighted by Crippen LogP contribution is -2.38. The lowest BCUT2D eigenvalue weighted by atomic mass is 10.0. The molecular formula is C19H22N2O5S. The second-order valence-electron chi connectivity index (χ2n) is 6.04. The van der Waals surface area contributed by atoms with Crippen LogP contribution in [-0.2, 0) is 10.0 Å². The van der Waals surface area contributed by atoms with E-state index in [9.17, 15) is 8.42 Å². The normalized spacial score (nSPS) is 17.2. The third-order valence-corrected chi connectivity index (χ3v) is 5.33. The first-order valence-electron chi connectivity index (χ1n) is 8.21. The quantitative estimate of drug-likeness (QED) is 0.817. The van der Waals surface area contributed by atoms with Crippen molar-refractivity contribution in [2.24, 2.45) is 0 Å². The lowest BCUT2D eigenvalue weighted by Gasteiger charge is -2.23. The maximum absolute atomic E-state index is 12.3. The molecule has 0 aromatic heterocycles. The molecule has 27 heavy (non-hydrogen) atoms. The molecule has 1 unspecified atom stereocenters. The average molecular weight is 390 g/mol. The van der Waals surface area contributed by atoms with Gasteiger partial charge in [0, 0.05) is 5.56 Å². The Bertz CT molecular complexity index is 972. The predicted octanol–water partition coefficient (Wildman–Crippen LogP) is 2.57. The second kappa shape index (κ2) is 7.50. The van der Waals surface area contributed by atoms with Gasteiger partial charge < -0.3 is 19.6 Å². The van der Waals surface area contributed by atoms with Gasteiger partial charge in [0.1, 0.15) is 5.75 Å². The SMILES string of the molecule is COc1cccc(C2C=C(c3ccc(OC)c(OC)c3)NN2S(C)(=O)=O)c1. The van der Waals surface area contributed by atoms with E-state index in [1.807, 2.05) is 36.4 Å². The molecule has 0 saturated carbocycles. The number of benzene rings is 2. The summed E-state index contributed by atoms with van der Waals surface area (Å²) in [7, 11) is 1.18. The molecule has 1 N–H and O–H groups in total. The third-order valence-electron chi connectivity index (χ3n) is 4.29. The Labute approximate surface area is 159 Å². The number of hydrogen-bond acceptors (Lipinski definition) is 6. The first kappa shape index (κ1) is 19.1. The number of nitrogens with one attached hydrogen (secondary N) is 1. The highest BCUT2D eigenvalue weighted by Crippen LogP contribution is 2.36. The van der Waals surface area contributed by atoms with Crippen LogP contribution >= 0.6 is 0 Å². The van der Waals surface area contributed by atoms with Crippen molar-refractivity contribution in [2.75, 3.05) is 27.6 Å². The van der Waals surface area contributed by atoms with Crippen molar-refractivity contribution in [2.45, 2.75) is 6.04 Å². The van der Waals surface area contributed by atoms with Crippen molar-refractivity contribution >= 4 is 15.7 Å². The molecular weight excluding hydrogens is 368 g/mol. The molecule has 2 aromatic rings. The maximum Gasteiger partial charge on any atom is 0.228 e. The Morgan fingerprint density at radius 2 is 1.70 bits per heavy atom. The molecule has 0 bridgehead atoms. The van der Waals surface area contributed by atoms with Crippen molar-refractivity contribution in [1.82, 2.24) is 9.84 Å². The first-order valence-corrected chi connectivity index (χ1v) is 10.1. The summed E-state index contributed by atoms with van der Waals surface area (Å²) in [6.45, 7) is 0. The Morgan fingerprint density at radius 1 is 0.963 bits per heavy atom. The van der Waals surface area contributed by atoms with Gasteiger partial charge in [-0.25, -0.2) is 8.42 Å². The van der Waals surface area contributed by atoms with Crippen LogP contribution in [0.4, 0.5) is 0 Å². The number of ether oxygens (including phenoxy) is 3. The molecule has 1 aliphatic rings. The molecule has 0 aliphatic carbocycles. The molecule has 0 saturated heterocycles. The smallest absolute Gasteiger partial charge is 0.228 e. The van der Waals surface area contributed by atoms with E-state index in [2.05, 4.69) is 5.43 Å². The topological polar surface area (TPSA) is 77.1 Å². The average Bonchev–Trinajstić information content (AvgIpc) is 3.13. The zero-order valence-corrected chi connectivity index (χ0v) is 16.4. The highest BCUT2D eigenvalue weighted by Gasteiger charge is 2.33. The van der Waals surface area contributed by atoms with Gasteiger partial charge in [-0.05, 0) is 42.0 Å². The number of rotatable bonds is 6. The molecule has 0 fully saturated rings. The van der Waals surface area contributed by atoms with E-state index in [-0.39, 0.29) is 0 Å². The fourth-order valence-electron chi connectivity index (χ4n) is 2.96. The van der Waals surface area contributed by atoms with E-state index in [1.54, 1.807) is 33.5 Å². The minimum Gasteiger partial charge on any atom is -0.497 e. The third kappa shape index (κ3) is 3.86. The number of hydrazine groups is 1. The number of sulfonamides is 1. The summed E-state index contributed by atoms with van der Waals surface area (Å²) in [5.74, 6) is 1.83. The fraction of sp³-hybridized carbons (Fsp3) is 0.263. The van der Waals surface area contributed by atoms with Crippen LogP contribution in [-0.4, -0.2) is 40.4 Å². The van der Waals surface area contributed by atoms with Crippen molar-refractivity contribution in [3.8, 4) is 17.2 Å². The van der Waals surface area contributed by atoms with E-state index >= 15 is 0 Å². The highest BCUT2D eigenvalue weighted by molar-refractivity contribution is 7.88. The largest absolute Gasteiger partial charge is 0.497 e. The summed E-state index contributed by atoms with van der Waals surface area (Å²) in [5.41, 5.74) is 5.23. The Hall–Kier alpha value is -2.71. The molecule has 0 amide bonds. The molecule has 7 nitrogen and oxygen atoms in total. The number of hydrogen-bond donors (Lipinski definition) is 1. The molecule has 2 aromatic carbocycles. The maximum atomic E-state index is 12.3. The Morgan fingerprint density at radius 3 is 2.33 bits per heavy atom. The van der Waals surface area contributed by atoms with E-state index < -0.39 is 16.1 Å². The zero-order valence-electron chi connectivity index (χ0n) is 15.6. The van der Waals surface area contributed by atoms with Gasteiger partial charge in [-0.1, -0.05) is 12.1 Å². The van der Waals surface area contributed by atoms with Crippen LogP contribution in [0.5, 0.6) is 17.2 Å². The van der Waals surface area contributed by atoms with Crippen LogP contribution in [0.15, 0.2) is 48.5 Å². The second-order valence-corrected chi connectivity index (χ2v) is 7.90. The van der Waals surface area contributed by atoms with Crippen molar-refractivity contribution in [3.05, 3.63) is 59.7 Å². The first-order chi connectivity index (χ1) is 12.9. The number of nitrogens with zero attached hydrogens (tertiary/aromatic N) is 1. The molecule has 0 spiro atoms. The molecule has 0 radical (unpaired) electrons. The Kier molecular flexibility index (Phi) is 5.29. The van der Waals surface area contributed by atoms with Crippen molar-refractivity contribution in [3.63, 3.8) is 0 Å². The van der Waals surface area contributed by atoms with Crippen LogP contribution in [0, 0.1) is 0 Å². The molecule has 3 rings (SSSR count). The number of methoxy groups -OCH3 is 3. The van der Waals surface area contributed by atoms with Gasteiger partial charge in [0.2, 0.25) is 10.0 Å². The molecule has 1 aliphatic heterocycles. The summed E-state index contributed by atoms with van der Waals surface area (Å²) in [5, 5.41) is 0. The zero-order chi connectivity index (χ0) is 19.6. The van der Waals surface area contributed by atoms with Crippen molar-refractivity contribution < 1.29 is 22.6 Å². The summed E-state index contributed by atoms with van der Waals surface area (Å²) in [6, 6.07) is 12.2. The van der Waals surface area contributed by atoms with Gasteiger partial charge >= 0.3 is 0 Å². The summed E-state index contributed by atoms with van der Waals surface area (Å²) in [4.78, 5) is 0. The van der Waals surface area contributed by atoms with Gasteiger partial charge in [0.15, 0.2) is 11.5 Å². The van der Waals surface area contributed by atoms with E-state index in [1.165, 1.54) is 10.7 Å². The Balaban J connectivity index is 2.04. The minimum absolute atomic E-state index is 0.502. The fourth-order valence-corrected chi connectivity index (χ4v) is 3.82. The van der Waals surface area contributed by atoms with E-state index in [0.717, 1.165) is 11.1 Å². The lowest BCUT2D eigenvalue weighted by molar-refractivity contribution is 0.348. The molecule has 8 heteroatoms. The molecule has 1 atom stereocenters. The van der Waals surface area contributed by atoms with Gasteiger partial charge in [-0.3, -0.25) is 0 Å². The van der Waals surface area contributed by atoms with Crippen LogP contribution in [0.1, 0.15) is 17.2 Å². The summed E-state index contributed by atoms with van der Waals surface area (Å²) in [6.07, 6.45) is 3.02. The summed E-state index contributed by atoms with van der Waals surface area (Å²) < 4.78 is 41.7. The van der Waals surface area contributed by atoms with Crippen LogP contribution in [0.3, 0.4) is 0 Å². The summed E-state index contributed by atoms with van der Waals surface area (Å²) >= 11 is 0. The molecule has 144 valence electrons. The minimum atomic E-state index is -3.52. The van der Waals surface area contributed by atoms with Gasteiger partial charge in [0.05, 0.1) is 39.3 Å². The predicted molar refractivity (Wildman–Crippen MR) is 103 cm³/mol. The van der Waals surface area contributed by atoms with Crippen LogP contribution < -0.4 is 19.6 Å². The standard InChI is InChI=1S/C19H22N2O5S/c1-24-15-7-5-6-14(10-15)17-12-16(20-21(17)27(4,22)23)13-8-9-18(25-2)19(11-13)26-3/h5-12,17,20H,1-4H3. The van der Waals surface area contributed by atoms with E-state index in [4.69, 9.17) is 14.2 Å². The molecule has 1 heterocycles.